The SMILES string of the molecule is COc1ccc(CC(C)Cl)c(C2=NCCc3cc(OC)c(OC)cc32)c1. The molecular formula is C21H24ClNO3. The van der Waals surface area contributed by atoms with Gasteiger partial charge in [0.25, 0.3) is 0 Å². The highest BCUT2D eigenvalue weighted by atomic mass is 35.5. The van der Waals surface area contributed by atoms with Gasteiger partial charge < -0.3 is 14.2 Å². The van der Waals surface area contributed by atoms with Crippen molar-refractivity contribution >= 4 is 17.3 Å². The predicted octanol–water partition coefficient (Wildman–Crippen LogP) is 4.28. The molecule has 3 rings (SSSR count). The number of nitrogens with zero attached hydrogens (tertiary/aromatic N) is 1. The Bertz CT molecular complexity index is 830. The van der Waals surface area contributed by atoms with E-state index in [1.807, 2.05) is 31.2 Å². The number of ether oxygens (including phenoxy) is 3. The lowest BCUT2D eigenvalue weighted by Crippen LogP contribution is -2.17. The van der Waals surface area contributed by atoms with Crippen LogP contribution in [0.1, 0.15) is 29.2 Å². The number of hydrogen-bond donors (Lipinski definition) is 0. The molecule has 1 aliphatic heterocycles. The van der Waals surface area contributed by atoms with Gasteiger partial charge in [-0.25, -0.2) is 0 Å². The number of halogens is 1. The Morgan fingerprint density at radius 3 is 2.38 bits per heavy atom. The van der Waals surface area contributed by atoms with E-state index in [1.54, 1.807) is 21.3 Å². The van der Waals surface area contributed by atoms with E-state index < -0.39 is 0 Å². The van der Waals surface area contributed by atoms with Crippen LogP contribution < -0.4 is 14.2 Å². The van der Waals surface area contributed by atoms with Crippen molar-refractivity contribution in [3.8, 4) is 17.2 Å². The molecule has 0 saturated carbocycles. The standard InChI is InChI=1S/C21H24ClNO3/c1-13(22)9-14-5-6-16(24-2)11-17(14)21-18-12-20(26-4)19(25-3)10-15(18)7-8-23-21/h5-6,10-13H,7-9H2,1-4H3. The summed E-state index contributed by atoms with van der Waals surface area (Å²) in [6, 6.07) is 10.1. The van der Waals surface area contributed by atoms with Crippen molar-refractivity contribution in [2.45, 2.75) is 25.1 Å². The van der Waals surface area contributed by atoms with Gasteiger partial charge in [0.15, 0.2) is 11.5 Å². The first-order valence-corrected chi connectivity index (χ1v) is 9.12. The minimum absolute atomic E-state index is 0.0382. The number of benzene rings is 2. The van der Waals surface area contributed by atoms with Crippen molar-refractivity contribution in [2.24, 2.45) is 4.99 Å². The molecule has 138 valence electrons. The van der Waals surface area contributed by atoms with Crippen LogP contribution in [0.4, 0.5) is 0 Å². The Kier molecular flexibility index (Phi) is 5.72. The summed E-state index contributed by atoms with van der Waals surface area (Å²) >= 11 is 6.28. The fourth-order valence-electron chi connectivity index (χ4n) is 3.34. The molecule has 1 atom stereocenters. The lowest BCUT2D eigenvalue weighted by atomic mass is 9.89. The Balaban J connectivity index is 2.15. The molecule has 1 unspecified atom stereocenters. The van der Waals surface area contributed by atoms with Gasteiger partial charge in [0, 0.05) is 23.0 Å². The van der Waals surface area contributed by atoms with Crippen molar-refractivity contribution in [3.63, 3.8) is 0 Å². The zero-order valence-electron chi connectivity index (χ0n) is 15.6. The molecule has 26 heavy (non-hydrogen) atoms. The van der Waals surface area contributed by atoms with Crippen LogP contribution in [0, 0.1) is 0 Å². The fraction of sp³-hybridized carbons (Fsp3) is 0.381. The Hall–Kier alpha value is -2.20. The van der Waals surface area contributed by atoms with E-state index in [9.17, 15) is 0 Å². The normalized spacial score (nSPS) is 14.3. The highest BCUT2D eigenvalue weighted by Crippen LogP contribution is 2.35. The molecule has 0 saturated heterocycles. The third-order valence-electron chi connectivity index (χ3n) is 4.59. The molecule has 2 aromatic carbocycles. The maximum atomic E-state index is 6.28. The third kappa shape index (κ3) is 3.65. The highest BCUT2D eigenvalue weighted by molar-refractivity contribution is 6.20. The molecule has 0 fully saturated rings. The van der Waals surface area contributed by atoms with E-state index in [4.69, 9.17) is 30.8 Å². The molecule has 0 radical (unpaired) electrons. The largest absolute Gasteiger partial charge is 0.497 e. The van der Waals surface area contributed by atoms with Crippen LogP contribution in [-0.4, -0.2) is 39.0 Å². The van der Waals surface area contributed by atoms with E-state index in [0.717, 1.165) is 53.3 Å². The number of methoxy groups -OCH3 is 3. The molecular weight excluding hydrogens is 350 g/mol. The highest BCUT2D eigenvalue weighted by Gasteiger charge is 2.22. The Morgan fingerprint density at radius 2 is 1.73 bits per heavy atom. The average molecular weight is 374 g/mol. The maximum Gasteiger partial charge on any atom is 0.161 e. The number of hydrogen-bond acceptors (Lipinski definition) is 4. The first kappa shape index (κ1) is 18.6. The zero-order valence-corrected chi connectivity index (χ0v) is 16.4. The number of fused-ring (bicyclic) bond motifs is 1. The summed E-state index contributed by atoms with van der Waals surface area (Å²) < 4.78 is 16.4. The van der Waals surface area contributed by atoms with Crippen molar-refractivity contribution in [2.75, 3.05) is 27.9 Å². The minimum atomic E-state index is 0.0382. The summed E-state index contributed by atoms with van der Waals surface area (Å²) in [6.07, 6.45) is 1.65. The zero-order chi connectivity index (χ0) is 18.7. The second kappa shape index (κ2) is 8.00. The molecule has 0 bridgehead atoms. The van der Waals surface area contributed by atoms with Gasteiger partial charge in [-0.15, -0.1) is 11.6 Å². The quantitative estimate of drug-likeness (QED) is 0.710. The molecule has 0 N–H and O–H groups in total. The second-order valence-corrected chi connectivity index (χ2v) is 7.10. The van der Waals surface area contributed by atoms with Gasteiger partial charge in [-0.2, -0.15) is 0 Å². The molecule has 0 aliphatic carbocycles. The Morgan fingerprint density at radius 1 is 1.00 bits per heavy atom. The van der Waals surface area contributed by atoms with Gasteiger partial charge in [0.2, 0.25) is 0 Å². The molecule has 5 heteroatoms. The monoisotopic (exact) mass is 373 g/mol. The lowest BCUT2D eigenvalue weighted by Gasteiger charge is -2.22. The van der Waals surface area contributed by atoms with Gasteiger partial charge in [0.1, 0.15) is 5.75 Å². The van der Waals surface area contributed by atoms with Crippen LogP contribution in [-0.2, 0) is 12.8 Å². The van der Waals surface area contributed by atoms with Gasteiger partial charge in [-0.3, -0.25) is 4.99 Å². The average Bonchev–Trinajstić information content (AvgIpc) is 2.66. The van der Waals surface area contributed by atoms with Crippen LogP contribution in [0.15, 0.2) is 35.3 Å². The lowest BCUT2D eigenvalue weighted by molar-refractivity contribution is 0.354. The fourth-order valence-corrected chi connectivity index (χ4v) is 3.50. The second-order valence-electron chi connectivity index (χ2n) is 6.35. The van der Waals surface area contributed by atoms with Gasteiger partial charge in [-0.1, -0.05) is 6.07 Å². The number of aliphatic imine (C=N–C) groups is 1. The summed E-state index contributed by atoms with van der Waals surface area (Å²) in [5.74, 6) is 2.25. The third-order valence-corrected chi connectivity index (χ3v) is 4.74. The molecule has 2 aromatic rings. The van der Waals surface area contributed by atoms with Gasteiger partial charge in [-0.05, 0) is 55.2 Å². The summed E-state index contributed by atoms with van der Waals surface area (Å²) in [6.45, 7) is 2.74. The predicted molar refractivity (Wildman–Crippen MR) is 106 cm³/mol. The summed E-state index contributed by atoms with van der Waals surface area (Å²) in [5, 5.41) is 0.0382. The summed E-state index contributed by atoms with van der Waals surface area (Å²) in [5.41, 5.74) is 5.46. The van der Waals surface area contributed by atoms with Crippen molar-refractivity contribution in [1.29, 1.82) is 0 Å². The van der Waals surface area contributed by atoms with Crippen molar-refractivity contribution in [1.82, 2.24) is 0 Å². The van der Waals surface area contributed by atoms with Crippen LogP contribution in [0.3, 0.4) is 0 Å². The number of rotatable bonds is 6. The Labute approximate surface area is 159 Å². The molecule has 0 spiro atoms. The van der Waals surface area contributed by atoms with Crippen LogP contribution in [0.5, 0.6) is 17.2 Å². The topological polar surface area (TPSA) is 40.0 Å². The van der Waals surface area contributed by atoms with Crippen LogP contribution >= 0.6 is 11.6 Å². The summed E-state index contributed by atoms with van der Waals surface area (Å²) in [4.78, 5) is 4.84. The van der Waals surface area contributed by atoms with Gasteiger partial charge >= 0.3 is 0 Å². The van der Waals surface area contributed by atoms with Crippen LogP contribution in [0.25, 0.3) is 0 Å². The molecule has 4 nitrogen and oxygen atoms in total. The molecule has 0 amide bonds. The van der Waals surface area contributed by atoms with E-state index in [1.165, 1.54) is 5.56 Å². The van der Waals surface area contributed by atoms with Gasteiger partial charge in [0.05, 0.1) is 27.0 Å². The minimum Gasteiger partial charge on any atom is -0.497 e. The molecule has 0 aromatic heterocycles. The number of alkyl halides is 1. The maximum absolute atomic E-state index is 6.28. The van der Waals surface area contributed by atoms with E-state index in [2.05, 4.69) is 6.07 Å². The van der Waals surface area contributed by atoms with Crippen molar-refractivity contribution < 1.29 is 14.2 Å². The first-order valence-electron chi connectivity index (χ1n) is 8.68. The van der Waals surface area contributed by atoms with Crippen LogP contribution in [0.2, 0.25) is 0 Å². The molecule has 1 aliphatic rings. The van der Waals surface area contributed by atoms with E-state index in [0.29, 0.717) is 5.75 Å². The smallest absolute Gasteiger partial charge is 0.161 e. The summed E-state index contributed by atoms with van der Waals surface area (Å²) in [7, 11) is 4.98. The first-order chi connectivity index (χ1) is 12.6. The van der Waals surface area contributed by atoms with E-state index in [-0.39, 0.29) is 5.38 Å². The van der Waals surface area contributed by atoms with Crippen molar-refractivity contribution in [3.05, 3.63) is 52.6 Å². The molecule has 1 heterocycles. The van der Waals surface area contributed by atoms with E-state index >= 15 is 0 Å².